The SMILES string of the molecule is Cc1cccnc1CNc1nc(Nc2ccc3c(c2)NC(=O)C3)ncc1C(F)(F)F. The first kappa shape index (κ1) is 19.6. The lowest BCUT2D eigenvalue weighted by Crippen LogP contribution is -2.15. The van der Waals surface area contributed by atoms with Crippen molar-refractivity contribution in [3.05, 3.63) is 65.1 Å². The summed E-state index contributed by atoms with van der Waals surface area (Å²) >= 11 is 0. The third-order valence-corrected chi connectivity index (χ3v) is 4.63. The van der Waals surface area contributed by atoms with Crippen molar-refractivity contribution in [3.8, 4) is 0 Å². The number of anilines is 4. The highest BCUT2D eigenvalue weighted by molar-refractivity contribution is 5.99. The zero-order valence-electron chi connectivity index (χ0n) is 15.8. The summed E-state index contributed by atoms with van der Waals surface area (Å²) in [5, 5.41) is 8.32. The van der Waals surface area contributed by atoms with Gasteiger partial charge in [-0.2, -0.15) is 18.2 Å². The van der Waals surface area contributed by atoms with Gasteiger partial charge in [0, 0.05) is 23.8 Å². The molecule has 7 nitrogen and oxygen atoms in total. The first-order chi connectivity index (χ1) is 14.3. The Morgan fingerprint density at radius 2 is 2.03 bits per heavy atom. The number of amides is 1. The molecule has 4 rings (SSSR count). The maximum Gasteiger partial charge on any atom is 0.421 e. The summed E-state index contributed by atoms with van der Waals surface area (Å²) in [5.41, 5.74) is 2.55. The van der Waals surface area contributed by atoms with E-state index in [9.17, 15) is 18.0 Å². The maximum atomic E-state index is 13.4. The van der Waals surface area contributed by atoms with E-state index in [2.05, 4.69) is 30.9 Å². The van der Waals surface area contributed by atoms with Crippen LogP contribution < -0.4 is 16.0 Å². The Balaban J connectivity index is 1.59. The molecule has 0 spiro atoms. The van der Waals surface area contributed by atoms with Gasteiger partial charge >= 0.3 is 6.18 Å². The van der Waals surface area contributed by atoms with Crippen molar-refractivity contribution in [1.82, 2.24) is 15.0 Å². The summed E-state index contributed by atoms with van der Waals surface area (Å²) in [6.45, 7) is 1.91. The van der Waals surface area contributed by atoms with E-state index in [-0.39, 0.29) is 24.2 Å². The second-order valence-corrected chi connectivity index (χ2v) is 6.80. The van der Waals surface area contributed by atoms with E-state index in [0.29, 0.717) is 23.5 Å². The molecule has 0 saturated carbocycles. The summed E-state index contributed by atoms with van der Waals surface area (Å²) in [6.07, 6.45) is -2.00. The van der Waals surface area contributed by atoms with Crippen LogP contribution in [-0.4, -0.2) is 20.9 Å². The van der Waals surface area contributed by atoms with Crippen LogP contribution in [0.1, 0.15) is 22.4 Å². The Hall–Kier alpha value is -3.69. The number of carbonyl (C=O) groups excluding carboxylic acids is 1. The van der Waals surface area contributed by atoms with E-state index >= 15 is 0 Å². The number of pyridine rings is 1. The molecule has 2 aromatic heterocycles. The summed E-state index contributed by atoms with van der Waals surface area (Å²) < 4.78 is 40.2. The molecular formula is C20H17F3N6O. The highest BCUT2D eigenvalue weighted by Crippen LogP contribution is 2.34. The molecule has 0 aliphatic carbocycles. The van der Waals surface area contributed by atoms with Gasteiger partial charge < -0.3 is 16.0 Å². The van der Waals surface area contributed by atoms with Crippen molar-refractivity contribution in [2.75, 3.05) is 16.0 Å². The number of nitrogens with zero attached hydrogens (tertiary/aromatic N) is 3. The Morgan fingerprint density at radius 3 is 2.80 bits per heavy atom. The van der Waals surface area contributed by atoms with Gasteiger partial charge in [-0.15, -0.1) is 0 Å². The van der Waals surface area contributed by atoms with Gasteiger partial charge in [-0.25, -0.2) is 4.98 Å². The fraction of sp³-hybridized carbons (Fsp3) is 0.200. The van der Waals surface area contributed by atoms with Gasteiger partial charge in [-0.05, 0) is 36.2 Å². The van der Waals surface area contributed by atoms with Gasteiger partial charge in [-0.1, -0.05) is 12.1 Å². The molecule has 154 valence electrons. The number of rotatable bonds is 5. The van der Waals surface area contributed by atoms with Crippen LogP contribution in [0.4, 0.5) is 36.3 Å². The average Bonchev–Trinajstić information content (AvgIpc) is 3.06. The smallest absolute Gasteiger partial charge is 0.364 e. The Labute approximate surface area is 169 Å². The number of hydrogen-bond acceptors (Lipinski definition) is 6. The Bertz CT molecular complexity index is 1120. The van der Waals surface area contributed by atoms with Gasteiger partial charge in [0.2, 0.25) is 11.9 Å². The third kappa shape index (κ3) is 4.17. The highest BCUT2D eigenvalue weighted by atomic mass is 19.4. The van der Waals surface area contributed by atoms with Gasteiger partial charge in [0.15, 0.2) is 0 Å². The minimum atomic E-state index is -4.61. The maximum absolute atomic E-state index is 13.4. The van der Waals surface area contributed by atoms with E-state index in [1.165, 1.54) is 0 Å². The van der Waals surface area contributed by atoms with Crippen molar-refractivity contribution >= 4 is 29.0 Å². The molecule has 0 unspecified atom stereocenters. The first-order valence-corrected chi connectivity index (χ1v) is 9.08. The molecule has 1 amide bonds. The van der Waals surface area contributed by atoms with E-state index < -0.39 is 11.7 Å². The number of carbonyl (C=O) groups is 1. The lowest BCUT2D eigenvalue weighted by molar-refractivity contribution is -0.137. The van der Waals surface area contributed by atoms with Crippen molar-refractivity contribution < 1.29 is 18.0 Å². The minimum Gasteiger partial charge on any atom is -0.364 e. The van der Waals surface area contributed by atoms with Crippen LogP contribution in [0.15, 0.2) is 42.7 Å². The quantitative estimate of drug-likeness (QED) is 0.584. The van der Waals surface area contributed by atoms with Crippen LogP contribution in [0.25, 0.3) is 0 Å². The predicted molar refractivity (Wildman–Crippen MR) is 105 cm³/mol. The molecule has 1 aliphatic rings. The van der Waals surface area contributed by atoms with Gasteiger partial charge in [0.25, 0.3) is 0 Å². The number of nitrogens with one attached hydrogen (secondary N) is 3. The molecule has 0 radical (unpaired) electrons. The second kappa shape index (κ2) is 7.62. The third-order valence-electron chi connectivity index (χ3n) is 4.63. The number of fused-ring (bicyclic) bond motifs is 1. The number of aryl methyl sites for hydroxylation is 1. The van der Waals surface area contributed by atoms with E-state index in [1.807, 2.05) is 13.0 Å². The van der Waals surface area contributed by atoms with E-state index in [4.69, 9.17) is 0 Å². The zero-order chi connectivity index (χ0) is 21.3. The molecule has 3 aromatic rings. The Kier molecular flexibility index (Phi) is 4.98. The summed E-state index contributed by atoms with van der Waals surface area (Å²) in [5.74, 6) is -0.462. The van der Waals surface area contributed by atoms with Crippen LogP contribution >= 0.6 is 0 Å². The molecule has 0 atom stereocenters. The molecular weight excluding hydrogens is 397 g/mol. The van der Waals surface area contributed by atoms with Crippen LogP contribution in [0.3, 0.4) is 0 Å². The standard InChI is InChI=1S/C20H17F3N6O/c1-11-3-2-6-24-16(11)10-25-18-14(20(21,22)23)9-26-19(29-18)27-13-5-4-12-7-17(30)28-15(12)8-13/h2-6,8-9H,7,10H2,1H3,(H,28,30)(H2,25,26,27,29). The predicted octanol–water partition coefficient (Wildman–Crippen LogP) is 4.05. The fourth-order valence-electron chi connectivity index (χ4n) is 3.08. The van der Waals surface area contributed by atoms with E-state index in [0.717, 1.165) is 17.3 Å². The van der Waals surface area contributed by atoms with Crippen LogP contribution in [0.2, 0.25) is 0 Å². The monoisotopic (exact) mass is 414 g/mol. The van der Waals surface area contributed by atoms with Crippen molar-refractivity contribution in [2.24, 2.45) is 0 Å². The molecule has 0 bridgehead atoms. The van der Waals surface area contributed by atoms with Crippen LogP contribution in [-0.2, 0) is 23.9 Å². The summed E-state index contributed by atoms with van der Waals surface area (Å²) in [6, 6.07) is 8.75. The van der Waals surface area contributed by atoms with Gasteiger partial charge in [0.1, 0.15) is 11.4 Å². The molecule has 0 fully saturated rings. The first-order valence-electron chi connectivity index (χ1n) is 9.08. The van der Waals surface area contributed by atoms with Crippen LogP contribution in [0.5, 0.6) is 0 Å². The number of alkyl halides is 3. The summed E-state index contributed by atoms with van der Waals surface area (Å²) in [7, 11) is 0. The topological polar surface area (TPSA) is 91.8 Å². The lowest BCUT2D eigenvalue weighted by atomic mass is 10.1. The molecule has 0 saturated heterocycles. The fourth-order valence-corrected chi connectivity index (χ4v) is 3.08. The second-order valence-electron chi connectivity index (χ2n) is 6.80. The number of halogens is 3. The number of hydrogen-bond donors (Lipinski definition) is 3. The number of aromatic nitrogens is 3. The average molecular weight is 414 g/mol. The normalized spacial score (nSPS) is 13.0. The van der Waals surface area contributed by atoms with Gasteiger partial charge in [0.05, 0.1) is 18.7 Å². The molecule has 3 heterocycles. The largest absolute Gasteiger partial charge is 0.421 e. The van der Waals surface area contributed by atoms with Crippen molar-refractivity contribution in [3.63, 3.8) is 0 Å². The van der Waals surface area contributed by atoms with Crippen LogP contribution in [0, 0.1) is 6.92 Å². The molecule has 3 N–H and O–H groups in total. The van der Waals surface area contributed by atoms with Gasteiger partial charge in [-0.3, -0.25) is 9.78 Å². The molecule has 30 heavy (non-hydrogen) atoms. The molecule has 10 heteroatoms. The van der Waals surface area contributed by atoms with Crippen molar-refractivity contribution in [1.29, 1.82) is 0 Å². The highest BCUT2D eigenvalue weighted by Gasteiger charge is 2.35. The van der Waals surface area contributed by atoms with Crippen molar-refractivity contribution in [2.45, 2.75) is 26.1 Å². The number of benzene rings is 1. The Morgan fingerprint density at radius 1 is 1.20 bits per heavy atom. The molecule has 1 aromatic carbocycles. The minimum absolute atomic E-state index is 0.00693. The summed E-state index contributed by atoms with van der Waals surface area (Å²) in [4.78, 5) is 23.5. The molecule has 1 aliphatic heterocycles. The van der Waals surface area contributed by atoms with E-state index in [1.54, 1.807) is 30.5 Å². The lowest BCUT2D eigenvalue weighted by Gasteiger charge is -2.15. The zero-order valence-corrected chi connectivity index (χ0v) is 15.8.